The summed E-state index contributed by atoms with van der Waals surface area (Å²) in [7, 11) is 3.26. The van der Waals surface area contributed by atoms with E-state index in [0.29, 0.717) is 24.5 Å². The maximum atomic E-state index is 13.2. The number of hydrogen-bond donors (Lipinski definition) is 0. The fourth-order valence-electron chi connectivity index (χ4n) is 3.58. The highest BCUT2D eigenvalue weighted by atomic mass is 16.5. The van der Waals surface area contributed by atoms with Gasteiger partial charge < -0.3 is 14.4 Å². The third-order valence-electron chi connectivity index (χ3n) is 4.91. The fraction of sp³-hybridized carbons (Fsp3) is 0.300. The van der Waals surface area contributed by atoms with E-state index in [4.69, 9.17) is 9.47 Å². The normalized spacial score (nSPS) is 13.6. The number of fused-ring (bicyclic) bond motifs is 2. The first kappa shape index (κ1) is 16.4. The summed E-state index contributed by atoms with van der Waals surface area (Å²) in [6.07, 6.45) is 2.67. The average Bonchev–Trinajstić information content (AvgIpc) is 3.01. The van der Waals surface area contributed by atoms with Crippen LogP contribution in [-0.4, -0.2) is 41.0 Å². The number of methoxy groups -OCH3 is 2. The van der Waals surface area contributed by atoms with E-state index in [-0.39, 0.29) is 5.91 Å². The Hall–Kier alpha value is -3.02. The molecule has 0 bridgehead atoms. The van der Waals surface area contributed by atoms with Crippen molar-refractivity contribution in [3.8, 4) is 11.5 Å². The molecular weight excluding hydrogens is 330 g/mol. The van der Waals surface area contributed by atoms with Crippen molar-refractivity contribution >= 4 is 11.6 Å². The molecule has 4 rings (SSSR count). The van der Waals surface area contributed by atoms with Crippen LogP contribution in [0.2, 0.25) is 0 Å². The lowest BCUT2D eigenvalue weighted by Crippen LogP contribution is -2.37. The minimum absolute atomic E-state index is 0.00151. The molecule has 26 heavy (non-hydrogen) atoms. The minimum Gasteiger partial charge on any atom is -0.493 e. The van der Waals surface area contributed by atoms with Crippen molar-refractivity contribution in [2.45, 2.75) is 19.9 Å². The zero-order chi connectivity index (χ0) is 18.3. The lowest BCUT2D eigenvalue weighted by Gasteiger charge is -2.29. The van der Waals surface area contributed by atoms with Gasteiger partial charge in [0.15, 0.2) is 11.5 Å². The van der Waals surface area contributed by atoms with E-state index in [0.717, 1.165) is 29.1 Å². The van der Waals surface area contributed by atoms with Crippen LogP contribution in [0.1, 0.15) is 27.3 Å². The van der Waals surface area contributed by atoms with Crippen LogP contribution in [-0.2, 0) is 13.0 Å². The first-order valence-corrected chi connectivity index (χ1v) is 8.59. The van der Waals surface area contributed by atoms with E-state index in [2.05, 4.69) is 4.98 Å². The molecule has 6 nitrogen and oxygen atoms in total. The second-order valence-electron chi connectivity index (χ2n) is 6.43. The second kappa shape index (κ2) is 6.37. The highest BCUT2D eigenvalue weighted by molar-refractivity contribution is 5.94. The van der Waals surface area contributed by atoms with Crippen molar-refractivity contribution in [2.75, 3.05) is 20.8 Å². The van der Waals surface area contributed by atoms with Crippen LogP contribution >= 0.6 is 0 Å². The molecule has 0 atom stereocenters. The van der Waals surface area contributed by atoms with Crippen LogP contribution in [0.3, 0.4) is 0 Å². The maximum absolute atomic E-state index is 13.2. The number of rotatable bonds is 3. The zero-order valence-corrected chi connectivity index (χ0v) is 15.2. The molecule has 1 aromatic carbocycles. The Bertz CT molecular complexity index is 993. The summed E-state index contributed by atoms with van der Waals surface area (Å²) in [6.45, 7) is 3.10. The van der Waals surface area contributed by atoms with Gasteiger partial charge in [-0.3, -0.25) is 9.20 Å². The first-order valence-electron chi connectivity index (χ1n) is 8.59. The van der Waals surface area contributed by atoms with Gasteiger partial charge in [0.05, 0.1) is 19.9 Å². The number of carbonyl (C=O) groups excluding carboxylic acids is 1. The second-order valence-corrected chi connectivity index (χ2v) is 6.43. The lowest BCUT2D eigenvalue weighted by atomic mass is 9.98. The molecule has 1 aliphatic rings. The number of hydrogen-bond acceptors (Lipinski definition) is 4. The molecule has 0 saturated heterocycles. The molecule has 0 radical (unpaired) electrons. The van der Waals surface area contributed by atoms with Gasteiger partial charge in [0.25, 0.3) is 5.91 Å². The van der Waals surface area contributed by atoms with Crippen molar-refractivity contribution < 1.29 is 14.3 Å². The summed E-state index contributed by atoms with van der Waals surface area (Å²) in [4.78, 5) is 19.6. The number of imidazole rings is 1. The standard InChI is InChI=1S/C20H21N3O3/c1-13-19(23-8-5-4-6-18(23)21-13)20(24)22-9-7-14-10-16(25-2)17(26-3)11-15(14)12-22/h4-6,8,10-11H,7,9,12H2,1-3H3. The van der Waals surface area contributed by atoms with E-state index in [9.17, 15) is 4.79 Å². The number of amides is 1. The number of aromatic nitrogens is 2. The average molecular weight is 351 g/mol. The molecule has 1 amide bonds. The summed E-state index contributed by atoms with van der Waals surface area (Å²) in [5.74, 6) is 1.41. The first-order chi connectivity index (χ1) is 12.6. The Morgan fingerprint density at radius 2 is 1.85 bits per heavy atom. The number of nitrogens with zero attached hydrogens (tertiary/aromatic N) is 3. The van der Waals surface area contributed by atoms with E-state index in [1.165, 1.54) is 5.56 Å². The zero-order valence-electron chi connectivity index (χ0n) is 15.2. The predicted octanol–water partition coefficient (Wildman–Crippen LogP) is 2.86. The van der Waals surface area contributed by atoms with Gasteiger partial charge in [0.2, 0.25) is 0 Å². The number of ether oxygens (including phenoxy) is 2. The van der Waals surface area contributed by atoms with Gasteiger partial charge in [-0.25, -0.2) is 4.98 Å². The predicted molar refractivity (Wildman–Crippen MR) is 97.9 cm³/mol. The molecule has 134 valence electrons. The number of benzene rings is 1. The maximum Gasteiger partial charge on any atom is 0.273 e. The van der Waals surface area contributed by atoms with Crippen LogP contribution in [0.4, 0.5) is 0 Å². The number of carbonyl (C=O) groups is 1. The van der Waals surface area contributed by atoms with Crippen LogP contribution in [0.15, 0.2) is 36.5 Å². The summed E-state index contributed by atoms with van der Waals surface area (Å²) in [5, 5.41) is 0. The van der Waals surface area contributed by atoms with Crippen molar-refractivity contribution in [1.29, 1.82) is 0 Å². The Balaban J connectivity index is 1.68. The molecule has 0 spiro atoms. The van der Waals surface area contributed by atoms with Gasteiger partial charge in [-0.15, -0.1) is 0 Å². The molecule has 2 aromatic heterocycles. The van der Waals surface area contributed by atoms with Crippen LogP contribution in [0, 0.1) is 6.92 Å². The Morgan fingerprint density at radius 1 is 1.12 bits per heavy atom. The molecule has 3 aromatic rings. The van der Waals surface area contributed by atoms with Crippen LogP contribution in [0.5, 0.6) is 11.5 Å². The van der Waals surface area contributed by atoms with Gasteiger partial charge in [-0.05, 0) is 48.7 Å². The van der Waals surface area contributed by atoms with Crippen molar-refractivity contribution in [2.24, 2.45) is 0 Å². The topological polar surface area (TPSA) is 56.1 Å². The Kier molecular flexibility index (Phi) is 4.03. The smallest absolute Gasteiger partial charge is 0.273 e. The van der Waals surface area contributed by atoms with Crippen LogP contribution in [0.25, 0.3) is 5.65 Å². The summed E-state index contributed by atoms with van der Waals surface area (Å²) < 4.78 is 12.6. The Labute approximate surface area is 152 Å². The van der Waals surface area contributed by atoms with Gasteiger partial charge in [-0.1, -0.05) is 6.07 Å². The quantitative estimate of drug-likeness (QED) is 0.728. The largest absolute Gasteiger partial charge is 0.493 e. The third-order valence-corrected chi connectivity index (χ3v) is 4.91. The van der Waals surface area contributed by atoms with Gasteiger partial charge >= 0.3 is 0 Å². The highest BCUT2D eigenvalue weighted by Crippen LogP contribution is 2.33. The monoisotopic (exact) mass is 351 g/mol. The summed E-state index contributed by atoms with van der Waals surface area (Å²) in [5.41, 5.74) is 4.45. The van der Waals surface area contributed by atoms with E-state index in [1.807, 2.05) is 52.8 Å². The SMILES string of the molecule is COc1cc2c(cc1OC)CN(C(=O)c1c(C)nc3ccccn13)CC2. The molecule has 0 aliphatic carbocycles. The number of aryl methyl sites for hydroxylation is 1. The minimum atomic E-state index is 0.00151. The van der Waals surface area contributed by atoms with E-state index in [1.54, 1.807) is 14.2 Å². The van der Waals surface area contributed by atoms with Crippen LogP contribution < -0.4 is 9.47 Å². The molecule has 0 N–H and O–H groups in total. The van der Waals surface area contributed by atoms with Crippen molar-refractivity contribution in [3.63, 3.8) is 0 Å². The molecule has 0 fully saturated rings. The van der Waals surface area contributed by atoms with Crippen molar-refractivity contribution in [1.82, 2.24) is 14.3 Å². The number of pyridine rings is 1. The summed E-state index contributed by atoms with van der Waals surface area (Å²) >= 11 is 0. The highest BCUT2D eigenvalue weighted by Gasteiger charge is 2.27. The molecule has 3 heterocycles. The van der Waals surface area contributed by atoms with Gasteiger partial charge in [0, 0.05) is 19.3 Å². The molecule has 0 unspecified atom stereocenters. The lowest BCUT2D eigenvalue weighted by molar-refractivity contribution is 0.0726. The molecule has 6 heteroatoms. The molecule has 1 aliphatic heterocycles. The van der Waals surface area contributed by atoms with E-state index < -0.39 is 0 Å². The van der Waals surface area contributed by atoms with Gasteiger partial charge in [-0.2, -0.15) is 0 Å². The molecular formula is C20H21N3O3. The Morgan fingerprint density at radius 3 is 2.58 bits per heavy atom. The third kappa shape index (κ3) is 2.58. The summed E-state index contributed by atoms with van der Waals surface area (Å²) in [6, 6.07) is 9.72. The van der Waals surface area contributed by atoms with E-state index >= 15 is 0 Å². The fourth-order valence-corrected chi connectivity index (χ4v) is 3.58. The van der Waals surface area contributed by atoms with Crippen molar-refractivity contribution in [3.05, 3.63) is 59.0 Å². The van der Waals surface area contributed by atoms with Gasteiger partial charge in [0.1, 0.15) is 11.3 Å². The molecule has 0 saturated carbocycles.